The highest BCUT2D eigenvalue weighted by atomic mass is 19.4. The van der Waals surface area contributed by atoms with Crippen molar-refractivity contribution >= 4 is 11.6 Å². The molecule has 0 unspecified atom stereocenters. The van der Waals surface area contributed by atoms with Gasteiger partial charge in [0, 0.05) is 14.1 Å². The number of halogens is 4. The van der Waals surface area contributed by atoms with Gasteiger partial charge in [-0.1, -0.05) is 0 Å². The van der Waals surface area contributed by atoms with Crippen LogP contribution < -0.4 is 5.32 Å². The monoisotopic (exact) mass is 264 g/mol. The zero-order chi connectivity index (χ0) is 13.9. The second-order valence-electron chi connectivity index (χ2n) is 3.83. The fraction of sp³-hybridized carbons (Fsp3) is 0.364. The first-order chi connectivity index (χ1) is 8.21. The average molecular weight is 264 g/mol. The Kier molecular flexibility index (Phi) is 4.15. The number of hydrogen-bond acceptors (Lipinski definition) is 2. The molecule has 1 amide bonds. The Morgan fingerprint density at radius 2 is 1.94 bits per heavy atom. The van der Waals surface area contributed by atoms with Crippen molar-refractivity contribution in [2.45, 2.75) is 6.18 Å². The molecule has 0 saturated heterocycles. The first kappa shape index (κ1) is 14.3. The third kappa shape index (κ3) is 3.61. The molecule has 0 radical (unpaired) electrons. The third-order valence-electron chi connectivity index (χ3n) is 2.23. The van der Waals surface area contributed by atoms with Gasteiger partial charge in [-0.2, -0.15) is 13.2 Å². The van der Waals surface area contributed by atoms with E-state index in [2.05, 4.69) is 5.32 Å². The van der Waals surface area contributed by atoms with Crippen LogP contribution in [0.15, 0.2) is 18.2 Å². The maximum absolute atomic E-state index is 13.3. The van der Waals surface area contributed by atoms with Gasteiger partial charge in [0.1, 0.15) is 5.82 Å². The van der Waals surface area contributed by atoms with Crippen molar-refractivity contribution in [3.8, 4) is 0 Å². The summed E-state index contributed by atoms with van der Waals surface area (Å²) in [6.07, 6.45) is -4.58. The fourth-order valence-electron chi connectivity index (χ4n) is 1.16. The zero-order valence-electron chi connectivity index (χ0n) is 9.81. The van der Waals surface area contributed by atoms with Crippen molar-refractivity contribution in [1.82, 2.24) is 4.90 Å². The molecule has 3 nitrogen and oxygen atoms in total. The predicted molar refractivity (Wildman–Crippen MR) is 58.6 cm³/mol. The van der Waals surface area contributed by atoms with E-state index >= 15 is 0 Å². The molecule has 0 aliphatic rings. The molecule has 0 bridgehead atoms. The Morgan fingerprint density at radius 1 is 1.33 bits per heavy atom. The highest BCUT2D eigenvalue weighted by Gasteiger charge is 2.31. The van der Waals surface area contributed by atoms with Crippen LogP contribution >= 0.6 is 0 Å². The first-order valence-electron chi connectivity index (χ1n) is 5.02. The smallest absolute Gasteiger partial charge is 0.374 e. The number of carbonyl (C=O) groups is 1. The summed E-state index contributed by atoms with van der Waals surface area (Å²) < 4.78 is 50.2. The molecule has 0 aliphatic heterocycles. The lowest BCUT2D eigenvalue weighted by Gasteiger charge is -2.13. The lowest BCUT2D eigenvalue weighted by molar-refractivity contribution is -0.137. The van der Waals surface area contributed by atoms with Gasteiger partial charge in [0.25, 0.3) is 0 Å². The quantitative estimate of drug-likeness (QED) is 0.850. The number of nitrogens with one attached hydrogen (secondary N) is 1. The minimum absolute atomic E-state index is 0.141. The van der Waals surface area contributed by atoms with Gasteiger partial charge in [0.2, 0.25) is 5.91 Å². The van der Waals surface area contributed by atoms with Crippen LogP contribution in [0.3, 0.4) is 0 Å². The molecular weight excluding hydrogens is 252 g/mol. The SMILES string of the molecule is CN(C)C(=O)CNc1ccc(C(F)(F)F)cc1F. The highest BCUT2D eigenvalue weighted by molar-refractivity contribution is 5.80. The molecule has 0 saturated carbocycles. The molecule has 100 valence electrons. The molecule has 1 N–H and O–H groups in total. The fourth-order valence-corrected chi connectivity index (χ4v) is 1.16. The predicted octanol–water partition coefficient (Wildman–Crippen LogP) is 2.34. The van der Waals surface area contributed by atoms with Crippen LogP contribution in [0.1, 0.15) is 5.56 Å². The summed E-state index contributed by atoms with van der Waals surface area (Å²) in [4.78, 5) is 12.5. The number of hydrogen-bond donors (Lipinski definition) is 1. The molecule has 0 spiro atoms. The summed E-state index contributed by atoms with van der Waals surface area (Å²) in [6, 6.07) is 2.11. The summed E-state index contributed by atoms with van der Waals surface area (Å²) in [5.74, 6) is -1.36. The van der Waals surface area contributed by atoms with Gasteiger partial charge >= 0.3 is 6.18 Å². The van der Waals surface area contributed by atoms with Crippen molar-refractivity contribution in [2.75, 3.05) is 26.0 Å². The van der Waals surface area contributed by atoms with E-state index in [1.165, 1.54) is 19.0 Å². The number of amides is 1. The number of alkyl halides is 3. The topological polar surface area (TPSA) is 32.3 Å². The summed E-state index contributed by atoms with van der Waals surface area (Å²) >= 11 is 0. The lowest BCUT2D eigenvalue weighted by atomic mass is 10.2. The second kappa shape index (κ2) is 5.24. The Morgan fingerprint density at radius 3 is 2.39 bits per heavy atom. The van der Waals surface area contributed by atoms with E-state index in [4.69, 9.17) is 0 Å². The number of rotatable bonds is 3. The Hall–Kier alpha value is -1.79. The molecule has 7 heteroatoms. The summed E-state index contributed by atoms with van der Waals surface area (Å²) in [5, 5.41) is 2.44. The molecule has 1 aromatic rings. The van der Waals surface area contributed by atoms with Gasteiger partial charge in [-0.3, -0.25) is 4.79 Å². The molecule has 0 heterocycles. The normalized spacial score (nSPS) is 11.2. The molecular formula is C11H12F4N2O. The lowest BCUT2D eigenvalue weighted by Crippen LogP contribution is -2.28. The third-order valence-corrected chi connectivity index (χ3v) is 2.23. The number of nitrogens with zero attached hydrogens (tertiary/aromatic N) is 1. The molecule has 0 fully saturated rings. The van der Waals surface area contributed by atoms with Crippen molar-refractivity contribution in [1.29, 1.82) is 0 Å². The van der Waals surface area contributed by atoms with Crippen LogP contribution in [-0.4, -0.2) is 31.4 Å². The van der Waals surface area contributed by atoms with Gasteiger partial charge in [-0.25, -0.2) is 4.39 Å². The van der Waals surface area contributed by atoms with Crippen LogP contribution in [0.25, 0.3) is 0 Å². The maximum Gasteiger partial charge on any atom is 0.416 e. The van der Waals surface area contributed by atoms with Crippen molar-refractivity contribution in [2.24, 2.45) is 0 Å². The van der Waals surface area contributed by atoms with E-state index in [0.29, 0.717) is 6.07 Å². The largest absolute Gasteiger partial charge is 0.416 e. The summed E-state index contributed by atoms with van der Waals surface area (Å²) in [5.41, 5.74) is -1.21. The van der Waals surface area contributed by atoms with Gasteiger partial charge < -0.3 is 10.2 Å². The van der Waals surface area contributed by atoms with Crippen LogP contribution in [0.2, 0.25) is 0 Å². The first-order valence-corrected chi connectivity index (χ1v) is 5.02. The van der Waals surface area contributed by atoms with E-state index < -0.39 is 17.6 Å². The van der Waals surface area contributed by atoms with Gasteiger partial charge in [0.15, 0.2) is 0 Å². The molecule has 1 aromatic carbocycles. The minimum Gasteiger partial charge on any atom is -0.374 e. The van der Waals surface area contributed by atoms with Gasteiger partial charge in [-0.15, -0.1) is 0 Å². The Bertz CT molecular complexity index is 443. The number of carbonyl (C=O) groups excluding carboxylic acids is 1. The summed E-state index contributed by atoms with van der Waals surface area (Å²) in [6.45, 7) is -0.185. The second-order valence-corrected chi connectivity index (χ2v) is 3.83. The molecule has 1 rings (SSSR count). The number of likely N-dealkylation sites (N-methyl/N-ethyl adjacent to an activating group) is 1. The van der Waals surface area contributed by atoms with Crippen molar-refractivity contribution in [3.05, 3.63) is 29.6 Å². The van der Waals surface area contributed by atoms with Crippen LogP contribution in [0.5, 0.6) is 0 Å². The van der Waals surface area contributed by atoms with Gasteiger partial charge in [-0.05, 0) is 18.2 Å². The maximum atomic E-state index is 13.3. The van der Waals surface area contributed by atoms with E-state index in [-0.39, 0.29) is 18.1 Å². The van der Waals surface area contributed by atoms with Crippen LogP contribution in [-0.2, 0) is 11.0 Å². The summed E-state index contributed by atoms with van der Waals surface area (Å²) in [7, 11) is 3.04. The number of anilines is 1. The Balaban J connectivity index is 2.78. The van der Waals surface area contributed by atoms with Crippen molar-refractivity contribution in [3.63, 3.8) is 0 Å². The molecule has 18 heavy (non-hydrogen) atoms. The Labute approximate surface area is 101 Å². The van der Waals surface area contributed by atoms with E-state index in [0.717, 1.165) is 12.1 Å². The molecule has 0 aliphatic carbocycles. The van der Waals surface area contributed by atoms with E-state index in [1.807, 2.05) is 0 Å². The molecule has 0 atom stereocenters. The van der Waals surface area contributed by atoms with E-state index in [9.17, 15) is 22.4 Å². The standard InChI is InChI=1S/C11H12F4N2O/c1-17(2)10(18)6-16-9-4-3-7(5-8(9)12)11(13,14)15/h3-5,16H,6H2,1-2H3. The zero-order valence-corrected chi connectivity index (χ0v) is 9.81. The highest BCUT2D eigenvalue weighted by Crippen LogP contribution is 2.31. The van der Waals surface area contributed by atoms with Crippen LogP contribution in [0.4, 0.5) is 23.2 Å². The van der Waals surface area contributed by atoms with E-state index in [1.54, 1.807) is 0 Å². The van der Waals surface area contributed by atoms with Crippen LogP contribution in [0, 0.1) is 5.82 Å². The molecule has 0 aromatic heterocycles. The minimum atomic E-state index is -4.58. The van der Waals surface area contributed by atoms with Crippen molar-refractivity contribution < 1.29 is 22.4 Å². The van der Waals surface area contributed by atoms with Gasteiger partial charge in [0.05, 0.1) is 17.8 Å². The number of benzene rings is 1. The average Bonchev–Trinajstić information content (AvgIpc) is 2.25.